The molecule has 20 rings (SSSR count). The Bertz CT molecular complexity index is 5710. The number of amides is 7. The summed E-state index contributed by atoms with van der Waals surface area (Å²) in [6.07, 6.45) is 24.3. The van der Waals surface area contributed by atoms with Crippen LogP contribution < -0.4 is 32.3 Å². The van der Waals surface area contributed by atoms with Gasteiger partial charge in [-0.15, -0.1) is 0 Å². The first-order chi connectivity index (χ1) is 61.1. The number of fused-ring (bicyclic) bond motifs is 16. The minimum Gasteiger partial charge on any atom is -0.478 e. The van der Waals surface area contributed by atoms with Gasteiger partial charge in [0.25, 0.3) is 23.6 Å². The number of hydrogen-bond acceptors (Lipinski definition) is 16. The Hall–Kier alpha value is -11.2. The number of halogens is 1. The van der Waals surface area contributed by atoms with Crippen LogP contribution in [0.3, 0.4) is 0 Å². The van der Waals surface area contributed by atoms with Crippen molar-refractivity contribution >= 4 is 125 Å². The van der Waals surface area contributed by atoms with Crippen LogP contribution in [0.1, 0.15) is 273 Å². The Balaban J connectivity index is 0.000000124. The summed E-state index contributed by atoms with van der Waals surface area (Å²) >= 11 is 4.71. The second-order valence-electron chi connectivity index (χ2n) is 39.3. The molecule has 0 radical (unpaired) electrons. The maximum atomic E-state index is 13.2. The number of nitrogens with zero attached hydrogens (tertiary/aromatic N) is 7. The molecule has 4 aliphatic carbocycles. The predicted octanol–water partition coefficient (Wildman–Crippen LogP) is 14.8. The van der Waals surface area contributed by atoms with Crippen LogP contribution in [0.15, 0.2) is 122 Å². The van der Waals surface area contributed by atoms with E-state index in [9.17, 15) is 57.5 Å². The number of aromatic carboxylic acids is 1. The lowest BCUT2D eigenvalue weighted by atomic mass is 9.75. The first-order valence-electron chi connectivity index (χ1n) is 45.8. The van der Waals surface area contributed by atoms with E-state index in [4.69, 9.17) is 31.9 Å². The molecule has 4 saturated carbocycles. The summed E-state index contributed by atoms with van der Waals surface area (Å²) < 4.78 is 19.4. The van der Waals surface area contributed by atoms with Gasteiger partial charge in [-0.2, -0.15) is 0 Å². The highest BCUT2D eigenvalue weighted by molar-refractivity contribution is 6.66. The molecule has 4 spiro atoms. The van der Waals surface area contributed by atoms with Crippen LogP contribution in [-0.2, 0) is 41.2 Å². The molecule has 0 unspecified atom stereocenters. The number of hydrogen-bond donors (Lipinski definition) is 7. The van der Waals surface area contributed by atoms with Crippen molar-refractivity contribution in [3.8, 4) is 0 Å². The molecule has 680 valence electrons. The van der Waals surface area contributed by atoms with Crippen LogP contribution in [0.5, 0.6) is 0 Å². The number of carbonyl (C=O) groups excluding carboxylic acids is 11. The number of benzene rings is 4. The van der Waals surface area contributed by atoms with Crippen LogP contribution in [0.25, 0.3) is 43.6 Å². The summed E-state index contributed by atoms with van der Waals surface area (Å²) in [7, 11) is 0. The van der Waals surface area contributed by atoms with E-state index in [1.165, 1.54) is 12.5 Å². The van der Waals surface area contributed by atoms with Crippen LogP contribution in [0, 0.1) is 17.8 Å². The van der Waals surface area contributed by atoms with Crippen molar-refractivity contribution < 1.29 is 72.1 Å². The normalized spacial score (nSPS) is 21.7. The van der Waals surface area contributed by atoms with Crippen molar-refractivity contribution in [2.75, 3.05) is 78.5 Å². The molecule has 8 aromatic rings. The number of nitrogens with one attached hydrogen (secondary N) is 5. The lowest BCUT2D eigenvalue weighted by Crippen LogP contribution is -2.55. The van der Waals surface area contributed by atoms with Gasteiger partial charge in [0.2, 0.25) is 11.1 Å². The van der Waals surface area contributed by atoms with Gasteiger partial charge in [-0.05, 0) is 279 Å². The fourth-order valence-corrected chi connectivity index (χ4v) is 20.8. The number of rotatable bonds is 12. The third kappa shape index (κ3) is 19.4. The number of ether oxygens (including phenoxy) is 2. The van der Waals surface area contributed by atoms with Gasteiger partial charge in [0.05, 0.1) is 33.2 Å². The number of allylic oxidation sites excluding steroid dienone is 1. The minimum atomic E-state index is -0.939. The zero-order valence-electron chi connectivity index (χ0n) is 74.6. The van der Waals surface area contributed by atoms with Crippen molar-refractivity contribution in [1.82, 2.24) is 59.6 Å². The molecule has 8 aliphatic heterocycles. The molecule has 128 heavy (non-hydrogen) atoms. The molecule has 8 N–H and O–H groups in total. The van der Waals surface area contributed by atoms with Gasteiger partial charge in [-0.25, -0.2) is 14.4 Å². The van der Waals surface area contributed by atoms with Crippen molar-refractivity contribution in [2.24, 2.45) is 23.5 Å². The number of piperidine rings is 4. The molecular weight excluding hydrogens is 1650 g/mol. The van der Waals surface area contributed by atoms with E-state index in [0.29, 0.717) is 106 Å². The Morgan fingerprint density at radius 3 is 1.05 bits per heavy atom. The van der Waals surface area contributed by atoms with Gasteiger partial charge in [0.1, 0.15) is 34.0 Å². The van der Waals surface area contributed by atoms with E-state index in [0.717, 1.165) is 209 Å². The van der Waals surface area contributed by atoms with Gasteiger partial charge in [0, 0.05) is 146 Å². The predicted molar refractivity (Wildman–Crippen MR) is 490 cm³/mol. The number of Topliss-reactive ketones (excluding diaryl/α,β-unsaturated/α-hetero) is 3. The Labute approximate surface area is 751 Å². The van der Waals surface area contributed by atoms with Gasteiger partial charge in [-0.1, -0.05) is 55.6 Å². The van der Waals surface area contributed by atoms with Crippen LogP contribution in [0.2, 0.25) is 0 Å². The maximum absolute atomic E-state index is 13.2. The average molecular weight is 1770 g/mol. The summed E-state index contributed by atoms with van der Waals surface area (Å²) in [4.78, 5) is 150. The second kappa shape index (κ2) is 37.5. The summed E-state index contributed by atoms with van der Waals surface area (Å²) in [5, 5.41) is 28.1. The summed E-state index contributed by atoms with van der Waals surface area (Å²) in [6.45, 7) is 26.5. The number of ketones is 3. The first kappa shape index (κ1) is 91.5. The van der Waals surface area contributed by atoms with Gasteiger partial charge < -0.3 is 79.9 Å². The molecule has 7 amide bonds. The highest BCUT2D eigenvalue weighted by atomic mass is 35.5. The summed E-state index contributed by atoms with van der Waals surface area (Å²) in [6, 6.07) is 30.4. The fraction of sp³-hybridized carbons (Fsp3) is 0.515. The molecule has 0 bridgehead atoms. The van der Waals surface area contributed by atoms with Crippen LogP contribution >= 0.6 is 11.6 Å². The van der Waals surface area contributed by atoms with Gasteiger partial charge >= 0.3 is 18.2 Å². The Morgan fingerprint density at radius 1 is 0.438 bits per heavy atom. The highest BCUT2D eigenvalue weighted by Crippen LogP contribution is 2.49. The SMILES string of the molecule is C=CC(=O)Cl.C=CC(=O)N1CCC[C@H](CC(=O)c2ccc3cc4n(c3c2)C2(CCC2)CNC4=O)C1.CC(C)(C)OC(=O)N1CCC[C@H](CC(=O)c2ccc3cc4n(c3c2)C2(CCC2)CNC4=O)C1.CC(C)(C)OC(=O)N1CCC[C@H](N)C1.O=C(C[C@H]1CCCNC1)c1ccc2cc3n(c2c1)C1(CCC1)CNC3=O.O=C(O)c1ccc2cc3n(c2c1)C1(CCC1)CNC3=O. The third-order valence-corrected chi connectivity index (χ3v) is 28.1. The van der Waals surface area contributed by atoms with Crippen molar-refractivity contribution in [3.63, 3.8) is 0 Å². The number of carboxylic acids is 1. The van der Waals surface area contributed by atoms with E-state index in [-0.39, 0.29) is 105 Å². The van der Waals surface area contributed by atoms with Gasteiger partial charge in [0.15, 0.2) is 17.3 Å². The van der Waals surface area contributed by atoms with E-state index in [1.54, 1.807) is 32.9 Å². The molecule has 4 saturated heterocycles. The topological polar surface area (TPSA) is 359 Å². The minimum absolute atomic E-state index is 0.000110. The number of carbonyl (C=O) groups is 12. The quantitative estimate of drug-likeness (QED) is 0.0339. The molecular formula is C99H122ClN13O15. The monoisotopic (exact) mass is 1770 g/mol. The largest absolute Gasteiger partial charge is 0.478 e. The van der Waals surface area contributed by atoms with E-state index < -0.39 is 22.4 Å². The Morgan fingerprint density at radius 2 is 0.750 bits per heavy atom. The maximum Gasteiger partial charge on any atom is 0.410 e. The number of aromatic nitrogens is 4. The first-order valence-corrected chi connectivity index (χ1v) is 46.2. The lowest BCUT2D eigenvalue weighted by molar-refractivity contribution is -0.127. The average Bonchev–Trinajstić information content (AvgIpc) is 1.15. The van der Waals surface area contributed by atoms with E-state index in [1.807, 2.05) is 120 Å². The second-order valence-corrected chi connectivity index (χ2v) is 39.6. The number of nitrogens with two attached hydrogens (primary N) is 1. The molecule has 29 heteroatoms. The number of likely N-dealkylation sites (tertiary alicyclic amines) is 3. The number of carboxylic acid groups (broad SMARTS) is 1. The van der Waals surface area contributed by atoms with Crippen molar-refractivity contribution in [1.29, 1.82) is 0 Å². The molecule has 12 aliphatic rings. The highest BCUT2D eigenvalue weighted by Gasteiger charge is 2.49. The zero-order chi connectivity index (χ0) is 90.9. The van der Waals surface area contributed by atoms with E-state index in [2.05, 4.69) is 58.0 Å². The molecule has 12 heterocycles. The fourth-order valence-electron chi connectivity index (χ4n) is 20.8. The van der Waals surface area contributed by atoms with Crippen molar-refractivity contribution in [3.05, 3.63) is 167 Å². The molecule has 28 nitrogen and oxygen atoms in total. The summed E-state index contributed by atoms with van der Waals surface area (Å²) in [5.74, 6) is 0.0103. The third-order valence-electron chi connectivity index (χ3n) is 28.0. The standard InChI is InChI=1S/C26H33N3O4.C24H27N3O3.C21H25N3O2.C15H14N2O3.C10H20N2O2.C3H3ClO/c1-25(2,3)33-24(32)28-11-4-6-17(15-28)12-22(30)19-8-7-18-13-21-23(31)27-16-26(9-5-10-26)29(21)20(18)14-19;1-2-22(29)26-10-3-5-16(14-26)11-21(28)18-7-6-17-12-20-23(30)25-15-24(8-4-9-24)27(20)19(17)13-18;25-19(9-14-3-1-8-22-12-14)16-5-4-15-10-18-20(26)23-13-21(6-2-7-21)24(18)17(15)11-16;18-13-12-6-9-2-3-10(14(19)20)7-11(9)17(12)15(8-16-13)4-1-5-15;1-10(2,3)14-9(13)12-6-4-5-8(11)7-12;1-2-3(4)5/h7-8,13-14,17H,4-6,9-12,15-16H2,1-3H3,(H,27,31);2,6-7,12-13,16H,1,3-5,8-11,14-15H2,(H,25,30);4-5,10-11,14,22H,1-3,6-9,12-13H2,(H,23,26);2-3,6-7H,1,4-5,8H2,(H,16,18)(H,19,20);8H,4-7,11H2,1-3H3;2H,1H2/t17-;16-;14-;;8-;/m111.0./s1. The van der Waals surface area contributed by atoms with E-state index >= 15 is 0 Å². The molecule has 4 aromatic carbocycles. The van der Waals surface area contributed by atoms with Crippen LogP contribution in [0.4, 0.5) is 9.59 Å². The zero-order valence-corrected chi connectivity index (χ0v) is 75.4. The van der Waals surface area contributed by atoms with Crippen molar-refractivity contribution in [2.45, 2.75) is 229 Å². The molecule has 4 aromatic heterocycles. The van der Waals surface area contributed by atoms with Gasteiger partial charge in [-0.3, -0.25) is 43.2 Å². The lowest BCUT2D eigenvalue weighted by Gasteiger charge is -2.47. The summed E-state index contributed by atoms with van der Waals surface area (Å²) in [5.41, 5.74) is 13.8. The Kier molecular flexibility index (Phi) is 26.8. The molecule has 8 fully saturated rings. The van der Waals surface area contributed by atoms with Crippen LogP contribution in [-0.4, -0.2) is 204 Å². The smallest absolute Gasteiger partial charge is 0.410 e. The molecule has 4 atom stereocenters.